The van der Waals surface area contributed by atoms with E-state index in [0.29, 0.717) is 0 Å². The average molecular weight is 287 g/mol. The van der Waals surface area contributed by atoms with Crippen molar-refractivity contribution in [2.45, 2.75) is 58.4 Å². The molecule has 6 heteroatoms. The Morgan fingerprint density at radius 2 is 1.60 bits per heavy atom. The molecule has 1 amide bonds. The van der Waals surface area contributed by atoms with Crippen molar-refractivity contribution in [1.29, 1.82) is 0 Å². The smallest absolute Gasteiger partial charge is 0.240 e. The zero-order chi connectivity index (χ0) is 15.6. The number of hydrogen-bond donors (Lipinski definition) is 2. The molecule has 0 spiro atoms. The highest BCUT2D eigenvalue weighted by molar-refractivity contribution is 5.94. The van der Waals surface area contributed by atoms with E-state index >= 15 is 0 Å². The van der Waals surface area contributed by atoms with E-state index in [1.165, 1.54) is 4.90 Å². The van der Waals surface area contributed by atoms with E-state index in [9.17, 15) is 14.0 Å². The third kappa shape index (κ3) is 3.55. The molecule has 1 fully saturated rings. The number of likely N-dealkylation sites (tertiary alicyclic amines) is 1. The number of amides is 1. The van der Waals surface area contributed by atoms with Crippen molar-refractivity contribution in [2.75, 3.05) is 6.54 Å². The second-order valence-electron chi connectivity index (χ2n) is 6.28. The van der Waals surface area contributed by atoms with E-state index in [-0.39, 0.29) is 36.5 Å². The summed E-state index contributed by atoms with van der Waals surface area (Å²) in [5.41, 5.74) is 11.7. The van der Waals surface area contributed by atoms with Crippen LogP contribution in [0.1, 0.15) is 34.1 Å². The molecule has 116 valence electrons. The van der Waals surface area contributed by atoms with Crippen molar-refractivity contribution in [3.05, 3.63) is 0 Å². The van der Waals surface area contributed by atoms with Crippen LogP contribution in [0.2, 0.25) is 0 Å². The van der Waals surface area contributed by atoms with Crippen molar-refractivity contribution in [1.82, 2.24) is 4.90 Å². The largest absolute Gasteiger partial charge is 0.328 e. The minimum absolute atomic E-state index is 0.0236. The fourth-order valence-electron chi connectivity index (χ4n) is 2.33. The van der Waals surface area contributed by atoms with E-state index < -0.39 is 24.3 Å². The van der Waals surface area contributed by atoms with Gasteiger partial charge in [-0.25, -0.2) is 4.39 Å². The number of hydrogen-bond acceptors (Lipinski definition) is 4. The number of alkyl halides is 1. The van der Waals surface area contributed by atoms with Gasteiger partial charge < -0.3 is 16.4 Å². The first kappa shape index (κ1) is 17.0. The Balaban J connectivity index is 2.89. The van der Waals surface area contributed by atoms with Crippen LogP contribution in [0, 0.1) is 11.8 Å². The Morgan fingerprint density at radius 1 is 1.10 bits per heavy atom. The minimum atomic E-state index is -1.19. The fourth-order valence-corrected chi connectivity index (χ4v) is 2.33. The zero-order valence-electron chi connectivity index (χ0n) is 12.7. The molecule has 0 aromatic heterocycles. The van der Waals surface area contributed by atoms with Crippen LogP contribution < -0.4 is 11.5 Å². The third-order valence-electron chi connectivity index (χ3n) is 3.91. The number of nitrogens with zero attached hydrogens (tertiary/aromatic N) is 1. The lowest BCUT2D eigenvalue weighted by molar-refractivity contribution is -0.140. The van der Waals surface area contributed by atoms with Crippen LogP contribution in [0.25, 0.3) is 0 Å². The summed E-state index contributed by atoms with van der Waals surface area (Å²) in [5.74, 6) is -0.744. The maximum Gasteiger partial charge on any atom is 0.240 e. The van der Waals surface area contributed by atoms with Gasteiger partial charge in [0.25, 0.3) is 0 Å². The molecule has 1 saturated heterocycles. The Labute approximate surface area is 119 Å². The summed E-state index contributed by atoms with van der Waals surface area (Å²) in [7, 11) is 0. The molecule has 20 heavy (non-hydrogen) atoms. The number of nitrogens with two attached hydrogens (primary N) is 2. The summed E-state index contributed by atoms with van der Waals surface area (Å²) in [6.45, 7) is 7.23. The minimum Gasteiger partial charge on any atom is -0.328 e. The van der Waals surface area contributed by atoms with Crippen LogP contribution in [0.5, 0.6) is 0 Å². The predicted molar refractivity (Wildman–Crippen MR) is 75.6 cm³/mol. The molecular weight excluding hydrogens is 261 g/mol. The summed E-state index contributed by atoms with van der Waals surface area (Å²) >= 11 is 0. The van der Waals surface area contributed by atoms with Gasteiger partial charge in [-0.05, 0) is 11.8 Å². The standard InChI is InChI=1S/C14H26FN3O2/c1-7(2)11(16)13(19)10-5-9(15)6-18(10)14(20)12(17)8(3)4/h7-12H,5-6,16-17H2,1-4H3. The second kappa shape index (κ2) is 6.63. The summed E-state index contributed by atoms with van der Waals surface area (Å²) in [6, 6.07) is -2.18. The number of carbonyl (C=O) groups excluding carboxylic acids is 2. The van der Waals surface area contributed by atoms with E-state index in [1.54, 1.807) is 0 Å². The quantitative estimate of drug-likeness (QED) is 0.769. The number of Topliss-reactive ketones (excluding diaryl/α,β-unsaturated/α-hetero) is 1. The highest BCUT2D eigenvalue weighted by Gasteiger charge is 2.43. The highest BCUT2D eigenvalue weighted by Crippen LogP contribution is 2.24. The van der Waals surface area contributed by atoms with Gasteiger partial charge in [-0.15, -0.1) is 0 Å². The molecule has 0 aromatic rings. The lowest BCUT2D eigenvalue weighted by atomic mass is 9.94. The number of ketones is 1. The van der Waals surface area contributed by atoms with Crippen molar-refractivity contribution in [3.63, 3.8) is 0 Å². The summed E-state index contributed by atoms with van der Waals surface area (Å²) in [4.78, 5) is 25.9. The van der Waals surface area contributed by atoms with Crippen LogP contribution in [0.15, 0.2) is 0 Å². The number of rotatable bonds is 5. The molecule has 0 saturated carbocycles. The van der Waals surface area contributed by atoms with Gasteiger partial charge in [0.05, 0.1) is 24.7 Å². The lowest BCUT2D eigenvalue weighted by Gasteiger charge is -2.29. The maximum absolute atomic E-state index is 13.6. The van der Waals surface area contributed by atoms with Crippen molar-refractivity contribution >= 4 is 11.7 Å². The molecule has 0 aromatic carbocycles. The molecule has 1 aliphatic heterocycles. The van der Waals surface area contributed by atoms with Crippen molar-refractivity contribution in [2.24, 2.45) is 23.3 Å². The van der Waals surface area contributed by atoms with Gasteiger partial charge >= 0.3 is 0 Å². The summed E-state index contributed by atoms with van der Waals surface area (Å²) in [6.07, 6.45) is -1.16. The first-order valence-electron chi connectivity index (χ1n) is 7.16. The zero-order valence-corrected chi connectivity index (χ0v) is 12.7. The van der Waals surface area contributed by atoms with E-state index in [4.69, 9.17) is 11.5 Å². The topological polar surface area (TPSA) is 89.4 Å². The molecular formula is C14H26FN3O2. The molecule has 1 aliphatic rings. The number of halogens is 1. The Bertz CT molecular complexity index is 339. The van der Waals surface area contributed by atoms with Gasteiger partial charge in [0.2, 0.25) is 5.91 Å². The fraction of sp³-hybridized carbons (Fsp3) is 0.857. The number of carbonyl (C=O) groups is 2. The van der Waals surface area contributed by atoms with Crippen LogP contribution in [0.4, 0.5) is 4.39 Å². The van der Waals surface area contributed by atoms with Crippen LogP contribution in [-0.4, -0.2) is 47.4 Å². The van der Waals surface area contributed by atoms with E-state index in [1.807, 2.05) is 27.7 Å². The normalized spacial score (nSPS) is 26.1. The molecule has 4 atom stereocenters. The van der Waals surface area contributed by atoms with Gasteiger partial charge in [0.1, 0.15) is 6.17 Å². The molecule has 0 aliphatic carbocycles. The molecule has 1 rings (SSSR count). The van der Waals surface area contributed by atoms with Crippen LogP contribution in [0.3, 0.4) is 0 Å². The Kier molecular flexibility index (Phi) is 5.65. The Hall–Kier alpha value is -1.01. The van der Waals surface area contributed by atoms with E-state index in [0.717, 1.165) is 0 Å². The van der Waals surface area contributed by atoms with Gasteiger partial charge in [0.15, 0.2) is 5.78 Å². The molecule has 0 bridgehead atoms. The lowest BCUT2D eigenvalue weighted by Crippen LogP contribution is -2.54. The molecule has 4 unspecified atom stereocenters. The van der Waals surface area contributed by atoms with Crippen LogP contribution >= 0.6 is 0 Å². The first-order chi connectivity index (χ1) is 9.16. The van der Waals surface area contributed by atoms with Crippen molar-refractivity contribution in [3.8, 4) is 0 Å². The monoisotopic (exact) mass is 287 g/mol. The van der Waals surface area contributed by atoms with Gasteiger partial charge in [0, 0.05) is 6.42 Å². The van der Waals surface area contributed by atoms with E-state index in [2.05, 4.69) is 0 Å². The van der Waals surface area contributed by atoms with Gasteiger partial charge in [-0.2, -0.15) is 0 Å². The molecule has 4 N–H and O–H groups in total. The Morgan fingerprint density at radius 3 is 2.05 bits per heavy atom. The summed E-state index contributed by atoms with van der Waals surface area (Å²) in [5, 5.41) is 0. The van der Waals surface area contributed by atoms with Gasteiger partial charge in [-0.3, -0.25) is 9.59 Å². The van der Waals surface area contributed by atoms with Crippen LogP contribution in [-0.2, 0) is 9.59 Å². The SMILES string of the molecule is CC(C)C(N)C(=O)C1CC(F)CN1C(=O)C(N)C(C)C. The molecule has 5 nitrogen and oxygen atoms in total. The average Bonchev–Trinajstić information content (AvgIpc) is 2.76. The van der Waals surface area contributed by atoms with Crippen molar-refractivity contribution < 1.29 is 14.0 Å². The maximum atomic E-state index is 13.6. The summed E-state index contributed by atoms with van der Waals surface area (Å²) < 4.78 is 13.6. The molecule has 1 heterocycles. The first-order valence-corrected chi connectivity index (χ1v) is 7.16. The second-order valence-corrected chi connectivity index (χ2v) is 6.28. The highest BCUT2D eigenvalue weighted by atomic mass is 19.1. The van der Waals surface area contributed by atoms with Gasteiger partial charge in [-0.1, -0.05) is 27.7 Å². The predicted octanol–water partition coefficient (Wildman–Crippen LogP) is 0.461. The molecule has 0 radical (unpaired) electrons. The third-order valence-corrected chi connectivity index (χ3v) is 3.91.